The molecule has 3 N–H and O–H groups in total. The average molecular weight is 236 g/mol. The Hall–Kier alpha value is -0.130. The Bertz CT molecular complexity index is 267. The molecular weight excluding hydrogens is 212 g/mol. The summed E-state index contributed by atoms with van der Waals surface area (Å²) in [6.45, 7) is 7.90. The summed E-state index contributed by atoms with van der Waals surface area (Å²) in [5.74, 6) is 0. The van der Waals surface area contributed by atoms with Crippen LogP contribution in [0.4, 0.5) is 0 Å². The fourth-order valence-electron chi connectivity index (χ4n) is 1.33. The predicted molar refractivity (Wildman–Crippen MR) is 64.2 cm³/mol. The van der Waals surface area contributed by atoms with E-state index in [2.05, 4.69) is 4.72 Å². The molecule has 0 amide bonds. The van der Waals surface area contributed by atoms with Crippen LogP contribution in [0.15, 0.2) is 0 Å². The van der Waals surface area contributed by atoms with E-state index in [1.807, 2.05) is 27.7 Å². The third-order valence-corrected chi connectivity index (χ3v) is 5.29. The number of hydrogen-bond acceptors (Lipinski definition) is 3. The van der Waals surface area contributed by atoms with Gasteiger partial charge in [-0.15, -0.1) is 0 Å². The zero-order valence-corrected chi connectivity index (χ0v) is 11.0. The molecule has 0 bridgehead atoms. The fourth-order valence-corrected chi connectivity index (χ4v) is 3.17. The fraction of sp³-hybridized carbons (Fsp3) is 1.00. The van der Waals surface area contributed by atoms with Crippen LogP contribution in [-0.4, -0.2) is 25.8 Å². The number of nitrogens with two attached hydrogens (primary N) is 1. The quantitative estimate of drug-likeness (QED) is 0.698. The topological polar surface area (TPSA) is 72.2 Å². The first-order valence-corrected chi connectivity index (χ1v) is 7.12. The number of nitrogens with one attached hydrogen (secondary N) is 1. The van der Waals surface area contributed by atoms with Crippen molar-refractivity contribution < 1.29 is 8.42 Å². The summed E-state index contributed by atoms with van der Waals surface area (Å²) >= 11 is 0. The zero-order chi connectivity index (χ0) is 12.1. The van der Waals surface area contributed by atoms with Gasteiger partial charge in [0.2, 0.25) is 10.0 Å². The maximum absolute atomic E-state index is 11.9. The zero-order valence-electron chi connectivity index (χ0n) is 10.2. The molecule has 0 aromatic carbocycles. The minimum atomic E-state index is -3.28. The predicted octanol–water partition coefficient (Wildman–Crippen LogP) is 1.22. The van der Waals surface area contributed by atoms with E-state index in [1.54, 1.807) is 0 Å². The molecule has 0 rings (SSSR count). The molecule has 0 aromatic rings. The molecule has 0 heterocycles. The summed E-state index contributed by atoms with van der Waals surface area (Å²) in [6.07, 6.45) is 2.11. The average Bonchev–Trinajstić information content (AvgIpc) is 2.18. The first-order chi connectivity index (χ1) is 6.85. The standard InChI is InChI=1S/C10H24N2O2S/c1-5-9(8-11)15(13,14)12-10(4,6-2)7-3/h9,12H,5-8,11H2,1-4H3. The Labute approximate surface area is 93.7 Å². The summed E-state index contributed by atoms with van der Waals surface area (Å²) in [5.41, 5.74) is 5.11. The van der Waals surface area contributed by atoms with E-state index >= 15 is 0 Å². The molecular formula is C10H24N2O2S. The molecule has 0 saturated heterocycles. The van der Waals surface area contributed by atoms with Gasteiger partial charge in [-0.3, -0.25) is 0 Å². The normalized spacial score (nSPS) is 15.3. The van der Waals surface area contributed by atoms with Crippen LogP contribution >= 0.6 is 0 Å². The van der Waals surface area contributed by atoms with Crippen molar-refractivity contribution in [2.75, 3.05) is 6.54 Å². The Balaban J connectivity index is 4.76. The minimum absolute atomic E-state index is 0.176. The minimum Gasteiger partial charge on any atom is -0.329 e. The molecule has 0 fully saturated rings. The smallest absolute Gasteiger partial charge is 0.216 e. The van der Waals surface area contributed by atoms with Gasteiger partial charge < -0.3 is 5.73 Å². The van der Waals surface area contributed by atoms with Gasteiger partial charge >= 0.3 is 0 Å². The van der Waals surface area contributed by atoms with Crippen LogP contribution in [0.3, 0.4) is 0 Å². The summed E-state index contributed by atoms with van der Waals surface area (Å²) in [6, 6.07) is 0. The lowest BCUT2D eigenvalue weighted by Crippen LogP contribution is -2.50. The lowest BCUT2D eigenvalue weighted by molar-refractivity contribution is 0.385. The largest absolute Gasteiger partial charge is 0.329 e. The highest BCUT2D eigenvalue weighted by atomic mass is 32.2. The molecule has 5 heteroatoms. The number of sulfonamides is 1. The van der Waals surface area contributed by atoms with Gasteiger partial charge in [0, 0.05) is 12.1 Å². The van der Waals surface area contributed by atoms with Crippen molar-refractivity contribution in [1.29, 1.82) is 0 Å². The van der Waals surface area contributed by atoms with Crippen LogP contribution in [0.5, 0.6) is 0 Å². The Kier molecular flexibility index (Phi) is 5.77. The summed E-state index contributed by atoms with van der Waals surface area (Å²) in [7, 11) is -3.28. The molecule has 0 aliphatic heterocycles. The van der Waals surface area contributed by atoms with Gasteiger partial charge in [-0.2, -0.15) is 0 Å². The molecule has 0 radical (unpaired) electrons. The first kappa shape index (κ1) is 14.9. The summed E-state index contributed by atoms with van der Waals surface area (Å²) < 4.78 is 26.6. The SMILES string of the molecule is CCC(CN)S(=O)(=O)NC(C)(CC)CC. The van der Waals surface area contributed by atoms with Crippen LogP contribution in [0.2, 0.25) is 0 Å². The second-order valence-corrected chi connectivity index (χ2v) is 6.14. The second-order valence-electron chi connectivity index (χ2n) is 4.18. The van der Waals surface area contributed by atoms with E-state index in [0.29, 0.717) is 6.42 Å². The van der Waals surface area contributed by atoms with Crippen LogP contribution in [0.25, 0.3) is 0 Å². The van der Waals surface area contributed by atoms with Crippen molar-refractivity contribution in [3.05, 3.63) is 0 Å². The lowest BCUT2D eigenvalue weighted by Gasteiger charge is -2.29. The van der Waals surface area contributed by atoms with Crippen molar-refractivity contribution in [3.63, 3.8) is 0 Å². The van der Waals surface area contributed by atoms with E-state index in [0.717, 1.165) is 12.8 Å². The highest BCUT2D eigenvalue weighted by molar-refractivity contribution is 7.90. The van der Waals surface area contributed by atoms with E-state index in [9.17, 15) is 8.42 Å². The van der Waals surface area contributed by atoms with E-state index < -0.39 is 15.3 Å². The van der Waals surface area contributed by atoms with Crippen LogP contribution < -0.4 is 10.5 Å². The van der Waals surface area contributed by atoms with Gasteiger partial charge in [0.1, 0.15) is 0 Å². The maximum Gasteiger partial charge on any atom is 0.216 e. The number of rotatable bonds is 7. The number of hydrogen-bond donors (Lipinski definition) is 2. The molecule has 92 valence electrons. The van der Waals surface area contributed by atoms with Crippen LogP contribution in [-0.2, 0) is 10.0 Å². The monoisotopic (exact) mass is 236 g/mol. The van der Waals surface area contributed by atoms with Gasteiger partial charge in [0.15, 0.2) is 0 Å². The molecule has 0 spiro atoms. The van der Waals surface area contributed by atoms with Gasteiger partial charge in [-0.25, -0.2) is 13.1 Å². The first-order valence-electron chi connectivity index (χ1n) is 5.58. The van der Waals surface area contributed by atoms with Crippen molar-refractivity contribution in [2.24, 2.45) is 5.73 Å². The highest BCUT2D eigenvalue weighted by Gasteiger charge is 2.30. The van der Waals surface area contributed by atoms with Gasteiger partial charge in [0.05, 0.1) is 5.25 Å². The summed E-state index contributed by atoms with van der Waals surface area (Å²) in [4.78, 5) is 0. The Morgan fingerprint density at radius 3 is 2.00 bits per heavy atom. The second kappa shape index (κ2) is 5.82. The van der Waals surface area contributed by atoms with Crippen molar-refractivity contribution >= 4 is 10.0 Å². The molecule has 15 heavy (non-hydrogen) atoms. The van der Waals surface area contributed by atoms with E-state index in [-0.39, 0.29) is 12.1 Å². The molecule has 1 atom stereocenters. The molecule has 0 aliphatic carbocycles. The van der Waals surface area contributed by atoms with E-state index in [1.165, 1.54) is 0 Å². The van der Waals surface area contributed by atoms with Crippen LogP contribution in [0.1, 0.15) is 47.0 Å². The van der Waals surface area contributed by atoms with Crippen molar-refractivity contribution in [3.8, 4) is 0 Å². The molecule has 4 nitrogen and oxygen atoms in total. The Morgan fingerprint density at radius 1 is 1.27 bits per heavy atom. The van der Waals surface area contributed by atoms with Crippen molar-refractivity contribution in [2.45, 2.75) is 57.7 Å². The van der Waals surface area contributed by atoms with E-state index in [4.69, 9.17) is 5.73 Å². The van der Waals surface area contributed by atoms with Gasteiger partial charge in [-0.05, 0) is 26.2 Å². The van der Waals surface area contributed by atoms with Gasteiger partial charge in [0.25, 0.3) is 0 Å². The Morgan fingerprint density at radius 2 is 1.73 bits per heavy atom. The van der Waals surface area contributed by atoms with Crippen LogP contribution in [0, 0.1) is 0 Å². The molecule has 0 saturated carbocycles. The lowest BCUT2D eigenvalue weighted by atomic mass is 9.98. The van der Waals surface area contributed by atoms with Crippen molar-refractivity contribution in [1.82, 2.24) is 4.72 Å². The van der Waals surface area contributed by atoms with Gasteiger partial charge in [-0.1, -0.05) is 20.8 Å². The third kappa shape index (κ3) is 4.09. The third-order valence-electron chi connectivity index (χ3n) is 3.11. The molecule has 0 aromatic heterocycles. The maximum atomic E-state index is 11.9. The molecule has 0 aliphatic rings. The highest BCUT2D eigenvalue weighted by Crippen LogP contribution is 2.17. The summed E-state index contributed by atoms with van der Waals surface area (Å²) in [5, 5.41) is -0.477. The molecule has 1 unspecified atom stereocenters.